The van der Waals surface area contributed by atoms with Crippen molar-refractivity contribution in [2.24, 2.45) is 0 Å². The molecule has 1 amide bonds. The van der Waals surface area contributed by atoms with Crippen LogP contribution in [0.25, 0.3) is 11.0 Å². The van der Waals surface area contributed by atoms with Crippen molar-refractivity contribution >= 4 is 16.9 Å². The Morgan fingerprint density at radius 2 is 2.17 bits per heavy atom. The molecule has 0 aliphatic carbocycles. The number of amides is 1. The Hall–Kier alpha value is -2.73. The van der Waals surface area contributed by atoms with Gasteiger partial charge in [0.05, 0.1) is 24.2 Å². The molecule has 0 bridgehead atoms. The third-order valence-electron chi connectivity index (χ3n) is 3.41. The van der Waals surface area contributed by atoms with Crippen molar-refractivity contribution in [3.05, 3.63) is 65.2 Å². The molecule has 6 heteroatoms. The molecule has 0 fully saturated rings. The summed E-state index contributed by atoms with van der Waals surface area (Å²) in [6.07, 6.45) is 0. The average molecular weight is 313 g/mol. The predicted octanol–water partition coefficient (Wildman–Crippen LogP) is 2.78. The Kier molecular flexibility index (Phi) is 4.34. The van der Waals surface area contributed by atoms with Crippen LogP contribution in [0, 0.1) is 5.82 Å². The van der Waals surface area contributed by atoms with E-state index in [0.29, 0.717) is 29.0 Å². The third-order valence-corrected chi connectivity index (χ3v) is 3.41. The van der Waals surface area contributed by atoms with Crippen LogP contribution in [0.1, 0.15) is 21.7 Å². The van der Waals surface area contributed by atoms with Crippen LogP contribution in [0.2, 0.25) is 0 Å². The van der Waals surface area contributed by atoms with Crippen LogP contribution in [0.4, 0.5) is 4.39 Å². The van der Waals surface area contributed by atoms with Gasteiger partial charge >= 0.3 is 0 Å². The maximum Gasteiger partial charge on any atom is 0.251 e. The number of aromatic nitrogens is 2. The molecule has 2 aromatic carbocycles. The van der Waals surface area contributed by atoms with Gasteiger partial charge in [-0.2, -0.15) is 0 Å². The molecule has 0 atom stereocenters. The third kappa shape index (κ3) is 3.54. The minimum atomic E-state index is -0.327. The monoisotopic (exact) mass is 313 g/mol. The molecule has 0 aliphatic rings. The lowest BCUT2D eigenvalue weighted by Crippen LogP contribution is -2.23. The number of hydrogen-bond donors (Lipinski definition) is 2. The largest absolute Gasteiger partial charge is 0.380 e. The normalized spacial score (nSPS) is 10.9. The highest BCUT2D eigenvalue weighted by molar-refractivity contribution is 5.94. The molecule has 5 nitrogen and oxygen atoms in total. The molecule has 2 N–H and O–H groups in total. The number of ether oxygens (including phenoxy) is 1. The van der Waals surface area contributed by atoms with Gasteiger partial charge in [0, 0.05) is 12.7 Å². The van der Waals surface area contributed by atoms with Crippen LogP contribution in [-0.2, 0) is 17.9 Å². The Balaban J connectivity index is 1.69. The summed E-state index contributed by atoms with van der Waals surface area (Å²) in [7, 11) is 1.61. The van der Waals surface area contributed by atoms with Crippen molar-refractivity contribution in [1.29, 1.82) is 0 Å². The first-order valence-electron chi connectivity index (χ1n) is 7.16. The van der Waals surface area contributed by atoms with E-state index < -0.39 is 0 Å². The van der Waals surface area contributed by atoms with E-state index >= 15 is 0 Å². The highest BCUT2D eigenvalue weighted by atomic mass is 19.1. The molecule has 23 heavy (non-hydrogen) atoms. The van der Waals surface area contributed by atoms with Gasteiger partial charge in [0.15, 0.2) is 0 Å². The summed E-state index contributed by atoms with van der Waals surface area (Å²) in [5.41, 5.74) is 2.76. The minimum absolute atomic E-state index is 0.199. The van der Waals surface area contributed by atoms with Crippen molar-refractivity contribution in [2.45, 2.75) is 13.2 Å². The van der Waals surface area contributed by atoms with Gasteiger partial charge in [0.2, 0.25) is 0 Å². The van der Waals surface area contributed by atoms with Gasteiger partial charge < -0.3 is 15.0 Å². The first kappa shape index (κ1) is 15.2. The van der Waals surface area contributed by atoms with Gasteiger partial charge in [0.1, 0.15) is 11.6 Å². The molecule has 0 radical (unpaired) electrons. The molecule has 0 saturated carbocycles. The number of methoxy groups -OCH3 is 1. The molecule has 0 unspecified atom stereocenters. The summed E-state index contributed by atoms with van der Waals surface area (Å²) < 4.78 is 18.2. The predicted molar refractivity (Wildman–Crippen MR) is 84.4 cm³/mol. The maximum atomic E-state index is 13.2. The molecular formula is C17H16FN3O2. The Morgan fingerprint density at radius 1 is 1.30 bits per heavy atom. The fourth-order valence-corrected chi connectivity index (χ4v) is 2.35. The topological polar surface area (TPSA) is 67.0 Å². The lowest BCUT2D eigenvalue weighted by molar-refractivity contribution is 0.0949. The van der Waals surface area contributed by atoms with Gasteiger partial charge in [-0.25, -0.2) is 9.37 Å². The minimum Gasteiger partial charge on any atom is -0.380 e. The summed E-state index contributed by atoms with van der Waals surface area (Å²) in [5.74, 6) is 0.0493. The van der Waals surface area contributed by atoms with Crippen molar-refractivity contribution in [3.8, 4) is 0 Å². The zero-order valence-corrected chi connectivity index (χ0v) is 12.6. The number of imidazole rings is 1. The fraction of sp³-hybridized carbons (Fsp3) is 0.176. The molecule has 3 aromatic rings. The van der Waals surface area contributed by atoms with Gasteiger partial charge in [-0.1, -0.05) is 12.1 Å². The molecule has 1 heterocycles. The van der Waals surface area contributed by atoms with E-state index in [4.69, 9.17) is 4.74 Å². The van der Waals surface area contributed by atoms with Gasteiger partial charge in [-0.15, -0.1) is 0 Å². The standard InChI is InChI=1S/C17H16FN3O2/c1-23-10-11-3-2-4-12(7-11)17(22)19-9-16-20-14-6-5-13(18)8-15(14)21-16/h2-8H,9-10H2,1H3,(H,19,22)(H,20,21). The van der Waals surface area contributed by atoms with Crippen LogP contribution >= 0.6 is 0 Å². The summed E-state index contributed by atoms with van der Waals surface area (Å²) in [6.45, 7) is 0.694. The van der Waals surface area contributed by atoms with E-state index in [-0.39, 0.29) is 18.3 Å². The maximum absolute atomic E-state index is 13.2. The number of carbonyl (C=O) groups is 1. The summed E-state index contributed by atoms with van der Waals surface area (Å²) in [4.78, 5) is 19.5. The second kappa shape index (κ2) is 6.58. The molecule has 0 aliphatic heterocycles. The van der Waals surface area contributed by atoms with Crippen LogP contribution in [-0.4, -0.2) is 23.0 Å². The molecule has 118 valence electrons. The smallest absolute Gasteiger partial charge is 0.251 e. The molecule has 0 spiro atoms. The number of benzene rings is 2. The zero-order chi connectivity index (χ0) is 16.2. The molecule has 3 rings (SSSR count). The Labute approximate surface area is 132 Å². The first-order valence-corrected chi connectivity index (χ1v) is 7.16. The van der Waals surface area contributed by atoms with Crippen molar-refractivity contribution in [1.82, 2.24) is 15.3 Å². The number of hydrogen-bond acceptors (Lipinski definition) is 3. The van der Waals surface area contributed by atoms with E-state index in [9.17, 15) is 9.18 Å². The van der Waals surface area contributed by atoms with E-state index in [1.807, 2.05) is 12.1 Å². The summed E-state index contributed by atoms with van der Waals surface area (Å²) in [5, 5.41) is 2.79. The number of halogens is 1. The number of rotatable bonds is 5. The van der Waals surface area contributed by atoms with Gasteiger partial charge in [-0.05, 0) is 35.9 Å². The van der Waals surface area contributed by atoms with Crippen LogP contribution in [0.5, 0.6) is 0 Å². The second-order valence-corrected chi connectivity index (χ2v) is 5.16. The van der Waals surface area contributed by atoms with Crippen molar-refractivity contribution in [2.75, 3.05) is 7.11 Å². The summed E-state index contributed by atoms with van der Waals surface area (Å²) >= 11 is 0. The fourth-order valence-electron chi connectivity index (χ4n) is 2.35. The number of H-pyrrole nitrogens is 1. The second-order valence-electron chi connectivity index (χ2n) is 5.16. The zero-order valence-electron chi connectivity index (χ0n) is 12.6. The molecule has 1 aromatic heterocycles. The van der Waals surface area contributed by atoms with E-state index in [2.05, 4.69) is 15.3 Å². The van der Waals surface area contributed by atoms with E-state index in [0.717, 1.165) is 5.56 Å². The average Bonchev–Trinajstić information content (AvgIpc) is 2.95. The first-order chi connectivity index (χ1) is 11.2. The quantitative estimate of drug-likeness (QED) is 0.761. The molecular weight excluding hydrogens is 297 g/mol. The lowest BCUT2D eigenvalue weighted by atomic mass is 10.1. The summed E-state index contributed by atoms with van der Waals surface area (Å²) in [6, 6.07) is 11.6. The number of fused-ring (bicyclic) bond motifs is 1. The van der Waals surface area contributed by atoms with Crippen LogP contribution in [0.3, 0.4) is 0 Å². The SMILES string of the molecule is COCc1cccc(C(=O)NCc2nc3ccc(F)cc3[nH]2)c1. The highest BCUT2D eigenvalue weighted by Crippen LogP contribution is 2.13. The van der Waals surface area contributed by atoms with Gasteiger partial charge in [-0.3, -0.25) is 4.79 Å². The number of nitrogens with one attached hydrogen (secondary N) is 2. The van der Waals surface area contributed by atoms with Crippen molar-refractivity contribution < 1.29 is 13.9 Å². The highest BCUT2D eigenvalue weighted by Gasteiger charge is 2.08. The number of aromatic amines is 1. The van der Waals surface area contributed by atoms with Crippen LogP contribution in [0.15, 0.2) is 42.5 Å². The number of nitrogens with zero attached hydrogens (tertiary/aromatic N) is 1. The van der Waals surface area contributed by atoms with E-state index in [1.54, 1.807) is 25.3 Å². The molecule has 0 saturated heterocycles. The Bertz CT molecular complexity index is 845. The van der Waals surface area contributed by atoms with Crippen LogP contribution < -0.4 is 5.32 Å². The van der Waals surface area contributed by atoms with Gasteiger partial charge in [0.25, 0.3) is 5.91 Å². The van der Waals surface area contributed by atoms with Crippen molar-refractivity contribution in [3.63, 3.8) is 0 Å². The lowest BCUT2D eigenvalue weighted by Gasteiger charge is -2.05. The van der Waals surface area contributed by atoms with E-state index in [1.165, 1.54) is 12.1 Å². The Morgan fingerprint density at radius 3 is 3.00 bits per heavy atom. The number of carbonyl (C=O) groups excluding carboxylic acids is 1.